The standard InChI is InChI=1S/C25H34N2O3/c1-14-23-22(27(26-14)15(2)28)13-21-19-7-6-17-12-18(30-16(3)29)8-10-24(17,4)20(19)9-11-25(21,23)5/h6,18-21H,7-13H2,1-5H3/t18-,19-,20+,21+,24-,25+/m0/s1. The molecular weight excluding hydrogens is 376 g/mol. The first kappa shape index (κ1) is 20.0. The van der Waals surface area contributed by atoms with E-state index in [0.29, 0.717) is 17.8 Å². The second-order valence-corrected chi connectivity index (χ2v) is 10.7. The zero-order chi connectivity index (χ0) is 21.4. The lowest BCUT2D eigenvalue weighted by atomic mass is 9.47. The summed E-state index contributed by atoms with van der Waals surface area (Å²) in [6.45, 7) is 10.1. The Morgan fingerprint density at radius 3 is 2.53 bits per heavy atom. The second-order valence-electron chi connectivity index (χ2n) is 10.7. The van der Waals surface area contributed by atoms with E-state index < -0.39 is 0 Å². The van der Waals surface area contributed by atoms with Crippen LogP contribution in [0.4, 0.5) is 0 Å². The maximum Gasteiger partial charge on any atom is 0.302 e. The molecule has 4 aliphatic rings. The average Bonchev–Trinajstić information content (AvgIpc) is 3.16. The van der Waals surface area contributed by atoms with Gasteiger partial charge in [0.2, 0.25) is 5.91 Å². The van der Waals surface area contributed by atoms with Crippen molar-refractivity contribution in [3.05, 3.63) is 28.6 Å². The van der Waals surface area contributed by atoms with Crippen LogP contribution >= 0.6 is 0 Å². The van der Waals surface area contributed by atoms with Crippen LogP contribution in [0.3, 0.4) is 0 Å². The van der Waals surface area contributed by atoms with E-state index >= 15 is 0 Å². The van der Waals surface area contributed by atoms with Gasteiger partial charge in [-0.2, -0.15) is 5.10 Å². The van der Waals surface area contributed by atoms with Crippen molar-refractivity contribution in [3.8, 4) is 0 Å². The largest absolute Gasteiger partial charge is 0.462 e. The number of allylic oxidation sites excluding steroid dienone is 1. The molecule has 0 aromatic carbocycles. The number of carbonyl (C=O) groups excluding carboxylic acids is 2. The van der Waals surface area contributed by atoms with E-state index in [-0.39, 0.29) is 28.8 Å². The molecule has 1 aromatic heterocycles. The Bertz CT molecular complexity index is 960. The highest BCUT2D eigenvalue weighted by Gasteiger charge is 2.59. The third-order valence-corrected chi connectivity index (χ3v) is 9.22. The van der Waals surface area contributed by atoms with Crippen molar-refractivity contribution >= 4 is 11.9 Å². The molecule has 0 unspecified atom stereocenters. The second kappa shape index (κ2) is 6.54. The van der Waals surface area contributed by atoms with E-state index in [9.17, 15) is 9.59 Å². The first-order valence-corrected chi connectivity index (χ1v) is 11.6. The molecule has 0 saturated heterocycles. The third-order valence-electron chi connectivity index (χ3n) is 9.22. The number of hydrogen-bond donors (Lipinski definition) is 0. The highest BCUT2D eigenvalue weighted by molar-refractivity contribution is 5.77. The van der Waals surface area contributed by atoms with Crippen LogP contribution in [0.15, 0.2) is 11.6 Å². The molecule has 0 N–H and O–H groups in total. The molecule has 5 heteroatoms. The number of carbonyl (C=O) groups is 2. The van der Waals surface area contributed by atoms with Gasteiger partial charge in [0.1, 0.15) is 6.10 Å². The van der Waals surface area contributed by atoms with Crippen LogP contribution in [0.1, 0.15) is 88.0 Å². The van der Waals surface area contributed by atoms with Crippen molar-refractivity contribution in [1.82, 2.24) is 9.78 Å². The minimum atomic E-state index is -0.162. The van der Waals surface area contributed by atoms with Gasteiger partial charge in [-0.25, -0.2) is 4.68 Å². The Labute approximate surface area is 179 Å². The number of nitrogens with zero attached hydrogens (tertiary/aromatic N) is 2. The molecule has 1 aromatic rings. The number of hydrogen-bond acceptors (Lipinski definition) is 4. The summed E-state index contributed by atoms with van der Waals surface area (Å²) in [5.41, 5.74) is 5.45. The zero-order valence-corrected chi connectivity index (χ0v) is 19.0. The van der Waals surface area contributed by atoms with Gasteiger partial charge in [0.05, 0.1) is 11.4 Å². The molecule has 0 bridgehead atoms. The summed E-state index contributed by atoms with van der Waals surface area (Å²) >= 11 is 0. The summed E-state index contributed by atoms with van der Waals surface area (Å²) in [6.07, 6.45) is 10.00. The molecule has 0 amide bonds. The van der Waals surface area contributed by atoms with Crippen molar-refractivity contribution in [1.29, 1.82) is 0 Å². The van der Waals surface area contributed by atoms with E-state index in [1.54, 1.807) is 11.6 Å². The highest BCUT2D eigenvalue weighted by atomic mass is 16.5. The van der Waals surface area contributed by atoms with Crippen molar-refractivity contribution in [2.45, 2.75) is 91.1 Å². The van der Waals surface area contributed by atoms with E-state index in [4.69, 9.17) is 4.74 Å². The lowest BCUT2D eigenvalue weighted by molar-refractivity contribution is -0.148. The van der Waals surface area contributed by atoms with Gasteiger partial charge in [0, 0.05) is 25.8 Å². The third kappa shape index (κ3) is 2.63. The maximum atomic E-state index is 12.2. The fourth-order valence-electron chi connectivity index (χ4n) is 7.95. The van der Waals surface area contributed by atoms with Gasteiger partial charge in [-0.05, 0) is 74.0 Å². The van der Waals surface area contributed by atoms with E-state index in [1.165, 1.54) is 36.6 Å². The number of fused-ring (bicyclic) bond motifs is 7. The molecule has 30 heavy (non-hydrogen) atoms. The van der Waals surface area contributed by atoms with Crippen molar-refractivity contribution in [2.75, 3.05) is 0 Å². The minimum absolute atomic E-state index is 0.0275. The van der Waals surface area contributed by atoms with Gasteiger partial charge in [0.15, 0.2) is 0 Å². The predicted molar refractivity (Wildman–Crippen MR) is 114 cm³/mol. The summed E-state index contributed by atoms with van der Waals surface area (Å²) in [5.74, 6) is 1.77. The summed E-state index contributed by atoms with van der Waals surface area (Å²) < 4.78 is 7.25. The molecule has 0 spiro atoms. The Balaban J connectivity index is 1.47. The van der Waals surface area contributed by atoms with Crippen LogP contribution in [0.25, 0.3) is 0 Å². The Hall–Kier alpha value is -1.91. The zero-order valence-electron chi connectivity index (χ0n) is 19.0. The summed E-state index contributed by atoms with van der Waals surface area (Å²) in [7, 11) is 0. The smallest absolute Gasteiger partial charge is 0.302 e. The lowest BCUT2D eigenvalue weighted by Crippen LogP contribution is -2.51. The van der Waals surface area contributed by atoms with Crippen LogP contribution in [0, 0.1) is 30.1 Å². The topological polar surface area (TPSA) is 61.2 Å². The van der Waals surface area contributed by atoms with E-state index in [2.05, 4.69) is 31.9 Å². The molecule has 162 valence electrons. The molecule has 5 rings (SSSR count). The maximum absolute atomic E-state index is 12.2. The van der Waals surface area contributed by atoms with Gasteiger partial charge in [-0.15, -0.1) is 0 Å². The van der Waals surface area contributed by atoms with Crippen LogP contribution in [-0.4, -0.2) is 27.8 Å². The van der Waals surface area contributed by atoms with Gasteiger partial charge in [-0.1, -0.05) is 25.5 Å². The quantitative estimate of drug-likeness (QED) is 0.495. The molecule has 2 fully saturated rings. The molecule has 2 saturated carbocycles. The molecule has 0 radical (unpaired) electrons. The van der Waals surface area contributed by atoms with Gasteiger partial charge < -0.3 is 4.74 Å². The number of esters is 1. The first-order valence-electron chi connectivity index (χ1n) is 11.6. The summed E-state index contributed by atoms with van der Waals surface area (Å²) in [6, 6.07) is 0. The van der Waals surface area contributed by atoms with Crippen molar-refractivity contribution in [2.24, 2.45) is 23.2 Å². The summed E-state index contributed by atoms with van der Waals surface area (Å²) in [5, 5.41) is 4.60. The number of ether oxygens (including phenoxy) is 1. The predicted octanol–water partition coefficient (Wildman–Crippen LogP) is 4.76. The average molecular weight is 411 g/mol. The fraction of sp³-hybridized carbons (Fsp3) is 0.720. The van der Waals surface area contributed by atoms with Crippen LogP contribution in [0.5, 0.6) is 0 Å². The van der Waals surface area contributed by atoms with Crippen molar-refractivity contribution < 1.29 is 14.3 Å². The molecule has 6 atom stereocenters. The number of aromatic nitrogens is 2. The van der Waals surface area contributed by atoms with Crippen LogP contribution in [-0.2, 0) is 21.4 Å². The number of aryl methyl sites for hydroxylation is 1. The lowest BCUT2D eigenvalue weighted by Gasteiger charge is -2.57. The van der Waals surface area contributed by atoms with E-state index in [0.717, 1.165) is 37.8 Å². The first-order chi connectivity index (χ1) is 14.1. The van der Waals surface area contributed by atoms with E-state index in [1.807, 2.05) is 0 Å². The number of rotatable bonds is 1. The van der Waals surface area contributed by atoms with Crippen LogP contribution < -0.4 is 0 Å². The van der Waals surface area contributed by atoms with Crippen molar-refractivity contribution in [3.63, 3.8) is 0 Å². The summed E-state index contributed by atoms with van der Waals surface area (Å²) in [4.78, 5) is 23.7. The fourth-order valence-corrected chi connectivity index (χ4v) is 7.95. The molecule has 4 aliphatic carbocycles. The molecular formula is C25H34N2O3. The monoisotopic (exact) mass is 410 g/mol. The highest BCUT2D eigenvalue weighted by Crippen LogP contribution is 2.64. The van der Waals surface area contributed by atoms with Gasteiger partial charge in [-0.3, -0.25) is 9.59 Å². The molecule has 1 heterocycles. The van der Waals surface area contributed by atoms with Crippen LogP contribution in [0.2, 0.25) is 0 Å². The van der Waals surface area contributed by atoms with Gasteiger partial charge in [0.25, 0.3) is 0 Å². The SMILES string of the molecule is CC(=O)O[C@H]1CC[C@@]2(C)C(=CC[C@H]3[C@H]2CC[C@@]2(C)c4c(C)nn(C(C)=O)c4C[C@H]32)C1. The normalized spacial score (nSPS) is 39.3. The van der Waals surface area contributed by atoms with Gasteiger partial charge >= 0.3 is 5.97 Å². The Kier molecular flexibility index (Phi) is 4.37. The Morgan fingerprint density at radius 1 is 1.10 bits per heavy atom. The Morgan fingerprint density at radius 2 is 1.83 bits per heavy atom. The molecule has 0 aliphatic heterocycles. The minimum Gasteiger partial charge on any atom is -0.462 e. The molecule has 5 nitrogen and oxygen atoms in total.